The minimum absolute atomic E-state index is 0.123. The number of aromatic nitrogens is 4. The fraction of sp³-hybridized carbons (Fsp3) is 0.220. The summed E-state index contributed by atoms with van der Waals surface area (Å²) in [4.78, 5) is 24.7. The molecule has 6 rings (SSSR count). The number of nitrogens with zero attached hydrogens (tertiary/aromatic N) is 4. The molecule has 0 spiro atoms. The molecule has 0 aliphatic rings. The van der Waals surface area contributed by atoms with Crippen molar-refractivity contribution in [2.75, 3.05) is 19.8 Å². The average Bonchev–Trinajstić information content (AvgIpc) is 3.68. The Hall–Kier alpha value is -5.21. The van der Waals surface area contributed by atoms with Gasteiger partial charge in [0.15, 0.2) is 11.4 Å². The van der Waals surface area contributed by atoms with Crippen molar-refractivity contribution < 1.29 is 42.1 Å². The summed E-state index contributed by atoms with van der Waals surface area (Å²) in [6.45, 7) is 6.91. The molecule has 17 heteroatoms. The van der Waals surface area contributed by atoms with Crippen molar-refractivity contribution in [3.05, 3.63) is 128 Å². The van der Waals surface area contributed by atoms with Crippen molar-refractivity contribution in [2.24, 2.45) is 0 Å². The molecule has 0 bridgehead atoms. The number of benzene rings is 4. The SMILES string of the molecule is CCOC(=O)c1nn(-c2ccc(Cl)cc2Cl)c(-c2ccc(O)cc2)c1C.CCOC(=O)c1nn(-c2ccc(Cl)cc2Cl)c(-c2ccc(OCCC(F)(F)F)cc2)c1C. The number of carbonyl (C=O) groups is 2. The van der Waals surface area contributed by atoms with E-state index in [4.69, 9.17) is 60.6 Å². The van der Waals surface area contributed by atoms with Gasteiger partial charge in [0.2, 0.25) is 0 Å². The number of phenolic OH excluding ortho intramolecular Hbond substituents is 1. The molecule has 0 aliphatic heterocycles. The maximum atomic E-state index is 12.4. The summed E-state index contributed by atoms with van der Waals surface area (Å²) >= 11 is 24.7. The van der Waals surface area contributed by atoms with Gasteiger partial charge in [-0.05, 0) is 113 Å². The molecule has 0 saturated carbocycles. The van der Waals surface area contributed by atoms with Crippen LogP contribution in [0.1, 0.15) is 52.4 Å². The molecule has 0 radical (unpaired) electrons. The Morgan fingerprint density at radius 1 is 0.672 bits per heavy atom. The van der Waals surface area contributed by atoms with Crippen LogP contribution in [0, 0.1) is 13.8 Å². The molecule has 0 saturated heterocycles. The summed E-state index contributed by atoms with van der Waals surface area (Å²) < 4.78 is 55.5. The monoisotopic (exact) mass is 876 g/mol. The maximum Gasteiger partial charge on any atom is 0.392 e. The first kappa shape index (κ1) is 43.9. The molecule has 2 heterocycles. The van der Waals surface area contributed by atoms with Crippen molar-refractivity contribution in [1.29, 1.82) is 0 Å². The summed E-state index contributed by atoms with van der Waals surface area (Å²) in [6.07, 6.45) is -5.33. The summed E-state index contributed by atoms with van der Waals surface area (Å²) in [5.41, 5.74) is 5.29. The Morgan fingerprint density at radius 3 is 1.47 bits per heavy atom. The van der Waals surface area contributed by atoms with Gasteiger partial charge in [0.05, 0.1) is 59.0 Å². The lowest BCUT2D eigenvalue weighted by molar-refractivity contribution is -0.139. The van der Waals surface area contributed by atoms with Crippen LogP contribution in [0.3, 0.4) is 0 Å². The van der Waals surface area contributed by atoms with E-state index in [1.807, 2.05) is 0 Å². The molecule has 58 heavy (non-hydrogen) atoms. The normalized spacial score (nSPS) is 11.2. The third-order valence-corrected chi connectivity index (χ3v) is 9.46. The summed E-state index contributed by atoms with van der Waals surface area (Å²) in [5, 5.41) is 20.1. The van der Waals surface area contributed by atoms with E-state index in [2.05, 4.69) is 10.2 Å². The second-order valence-electron chi connectivity index (χ2n) is 12.4. The minimum Gasteiger partial charge on any atom is -0.508 e. The second kappa shape index (κ2) is 19.0. The molecule has 0 aliphatic carbocycles. The van der Waals surface area contributed by atoms with Crippen LogP contribution >= 0.6 is 46.4 Å². The van der Waals surface area contributed by atoms with Gasteiger partial charge in [-0.25, -0.2) is 19.0 Å². The number of hydrogen-bond acceptors (Lipinski definition) is 8. The van der Waals surface area contributed by atoms with Gasteiger partial charge < -0.3 is 19.3 Å². The van der Waals surface area contributed by atoms with Gasteiger partial charge in [0.1, 0.15) is 11.5 Å². The number of halogens is 7. The standard InChI is InChI=1S/C22H19Cl2F3N2O3.C19H16Cl2N2O3/c1-3-31-21(30)19-13(2)20(29(28-19)18-9-6-15(23)12-17(18)24)14-4-7-16(8-5-14)32-11-10-22(25,26)27;1-3-26-19(25)17-11(2)18(12-4-7-14(24)8-5-12)23(22-17)16-9-6-13(20)10-15(16)21/h4-9,12H,3,10-11H2,1-2H3;4-10,24H,3H2,1-2H3. The van der Waals surface area contributed by atoms with Gasteiger partial charge in [-0.1, -0.05) is 46.4 Å². The number of ether oxygens (including phenoxy) is 3. The molecular weight excluding hydrogens is 843 g/mol. The molecular formula is C41H35Cl4F3N4O6. The first-order chi connectivity index (χ1) is 27.5. The van der Waals surface area contributed by atoms with Crippen molar-refractivity contribution >= 4 is 58.3 Å². The van der Waals surface area contributed by atoms with Gasteiger partial charge in [-0.15, -0.1) is 0 Å². The van der Waals surface area contributed by atoms with Crippen molar-refractivity contribution in [3.63, 3.8) is 0 Å². The average molecular weight is 879 g/mol. The molecule has 6 aromatic rings. The van der Waals surface area contributed by atoms with E-state index < -0.39 is 31.1 Å². The first-order valence-electron chi connectivity index (χ1n) is 17.6. The smallest absolute Gasteiger partial charge is 0.392 e. The molecule has 0 unspecified atom stereocenters. The molecule has 0 atom stereocenters. The summed E-state index contributed by atoms with van der Waals surface area (Å²) in [7, 11) is 0. The lowest BCUT2D eigenvalue weighted by Crippen LogP contribution is -2.12. The molecule has 0 amide bonds. The van der Waals surface area contributed by atoms with E-state index in [9.17, 15) is 27.9 Å². The zero-order valence-electron chi connectivity index (χ0n) is 31.3. The Labute approximate surface area is 351 Å². The van der Waals surface area contributed by atoms with Gasteiger partial charge in [0, 0.05) is 32.3 Å². The van der Waals surface area contributed by atoms with Crippen LogP contribution in [0.5, 0.6) is 11.5 Å². The van der Waals surface area contributed by atoms with Gasteiger partial charge in [-0.2, -0.15) is 23.4 Å². The number of rotatable bonds is 11. The van der Waals surface area contributed by atoms with E-state index in [0.717, 1.165) is 5.56 Å². The van der Waals surface area contributed by atoms with Crippen molar-refractivity contribution in [3.8, 4) is 45.4 Å². The number of esters is 2. The van der Waals surface area contributed by atoms with E-state index in [1.54, 1.807) is 117 Å². The fourth-order valence-corrected chi connectivity index (χ4v) is 6.70. The summed E-state index contributed by atoms with van der Waals surface area (Å²) in [6, 6.07) is 23.0. The Bertz CT molecular complexity index is 2420. The Morgan fingerprint density at radius 2 is 1.09 bits per heavy atom. The van der Waals surface area contributed by atoms with Crippen LogP contribution in [-0.2, 0) is 9.47 Å². The van der Waals surface area contributed by atoms with E-state index in [-0.39, 0.29) is 36.1 Å². The predicted molar refractivity (Wildman–Crippen MR) is 217 cm³/mol. The van der Waals surface area contributed by atoms with Crippen LogP contribution in [-0.4, -0.2) is 62.6 Å². The van der Waals surface area contributed by atoms with E-state index >= 15 is 0 Å². The molecule has 2 aromatic heterocycles. The highest BCUT2D eigenvalue weighted by Crippen LogP contribution is 2.35. The van der Waals surface area contributed by atoms with Gasteiger partial charge in [-0.3, -0.25) is 0 Å². The van der Waals surface area contributed by atoms with Crippen molar-refractivity contribution in [1.82, 2.24) is 19.6 Å². The number of aromatic hydroxyl groups is 1. The number of carbonyl (C=O) groups excluding carboxylic acids is 2. The number of hydrogen-bond donors (Lipinski definition) is 1. The highest BCUT2D eigenvalue weighted by molar-refractivity contribution is 6.36. The predicted octanol–water partition coefficient (Wildman–Crippen LogP) is 11.7. The largest absolute Gasteiger partial charge is 0.508 e. The highest BCUT2D eigenvalue weighted by atomic mass is 35.5. The summed E-state index contributed by atoms with van der Waals surface area (Å²) in [5.74, 6) is -0.652. The van der Waals surface area contributed by atoms with E-state index in [0.29, 0.717) is 59.5 Å². The van der Waals surface area contributed by atoms with Crippen LogP contribution in [0.4, 0.5) is 13.2 Å². The molecule has 0 fully saturated rings. The molecule has 10 nitrogen and oxygen atoms in total. The topological polar surface area (TPSA) is 118 Å². The van der Waals surface area contributed by atoms with Crippen LogP contribution in [0.15, 0.2) is 84.9 Å². The Balaban J connectivity index is 0.000000226. The second-order valence-corrected chi connectivity index (χ2v) is 14.1. The third-order valence-electron chi connectivity index (χ3n) is 8.38. The third kappa shape index (κ3) is 10.4. The highest BCUT2D eigenvalue weighted by Gasteiger charge is 2.28. The van der Waals surface area contributed by atoms with Crippen LogP contribution in [0.25, 0.3) is 33.9 Å². The van der Waals surface area contributed by atoms with Gasteiger partial charge in [0.25, 0.3) is 0 Å². The van der Waals surface area contributed by atoms with Crippen molar-refractivity contribution in [2.45, 2.75) is 40.3 Å². The minimum atomic E-state index is -4.29. The number of alkyl halides is 3. The molecule has 1 N–H and O–H groups in total. The maximum absolute atomic E-state index is 12.4. The van der Waals surface area contributed by atoms with E-state index in [1.165, 1.54) is 4.68 Å². The van der Waals surface area contributed by atoms with Crippen LogP contribution in [0.2, 0.25) is 20.1 Å². The number of phenols is 1. The molecule has 304 valence electrons. The van der Waals surface area contributed by atoms with Gasteiger partial charge >= 0.3 is 18.1 Å². The quantitative estimate of drug-likeness (QED) is 0.128. The lowest BCUT2D eigenvalue weighted by Gasteiger charge is -2.12. The zero-order valence-corrected chi connectivity index (χ0v) is 34.4. The van der Waals surface area contributed by atoms with Crippen LogP contribution < -0.4 is 4.74 Å². The Kier molecular flexibility index (Phi) is 14.4. The molecule has 4 aromatic carbocycles. The fourth-order valence-electron chi connectivity index (χ4n) is 5.72. The lowest BCUT2D eigenvalue weighted by atomic mass is 10.1. The zero-order chi connectivity index (χ0) is 42.3. The first-order valence-corrected chi connectivity index (χ1v) is 19.1.